The first-order chi connectivity index (χ1) is 10.8. The molecule has 0 spiro atoms. The lowest BCUT2D eigenvalue weighted by Crippen LogP contribution is -2.20. The van der Waals surface area contributed by atoms with Crippen LogP contribution in [0.4, 0.5) is 4.39 Å². The highest BCUT2D eigenvalue weighted by atomic mass is 19.1. The van der Waals surface area contributed by atoms with Crippen molar-refractivity contribution < 1.29 is 23.3 Å². The zero-order valence-electron chi connectivity index (χ0n) is 15.0. The van der Waals surface area contributed by atoms with Crippen LogP contribution in [0.5, 0.6) is 0 Å². The van der Waals surface area contributed by atoms with Crippen molar-refractivity contribution in [2.24, 2.45) is 0 Å². The predicted molar refractivity (Wildman–Crippen MR) is 87.5 cm³/mol. The van der Waals surface area contributed by atoms with E-state index in [1.54, 1.807) is 6.07 Å². The third-order valence-corrected chi connectivity index (χ3v) is 3.03. The highest BCUT2D eigenvalue weighted by molar-refractivity contribution is 5.28. The molecule has 132 valence electrons. The molecule has 4 nitrogen and oxygen atoms in total. The van der Waals surface area contributed by atoms with Crippen molar-refractivity contribution in [3.05, 3.63) is 35.1 Å². The summed E-state index contributed by atoms with van der Waals surface area (Å²) in [5.74, 6) is -0.316. The van der Waals surface area contributed by atoms with E-state index in [0.717, 1.165) is 5.56 Å². The van der Waals surface area contributed by atoms with Crippen LogP contribution in [-0.2, 0) is 25.6 Å². The molecule has 0 aliphatic carbocycles. The molecule has 1 atom stereocenters. The van der Waals surface area contributed by atoms with Crippen LogP contribution in [0.2, 0.25) is 0 Å². The molecular formula is C18H29FO4. The number of rotatable bonds is 10. The largest absolute Gasteiger partial charge is 0.353 e. The van der Waals surface area contributed by atoms with Crippen LogP contribution in [-0.4, -0.2) is 25.1 Å². The fourth-order valence-electron chi connectivity index (χ4n) is 2.09. The van der Waals surface area contributed by atoms with Crippen molar-refractivity contribution in [2.75, 3.05) is 6.61 Å². The van der Waals surface area contributed by atoms with E-state index >= 15 is 0 Å². The van der Waals surface area contributed by atoms with E-state index < -0.39 is 6.29 Å². The van der Waals surface area contributed by atoms with E-state index in [2.05, 4.69) is 0 Å². The maximum Gasteiger partial charge on any atom is 0.184 e. The minimum Gasteiger partial charge on any atom is -0.353 e. The standard InChI is InChI=1S/C18H29FO4/c1-7-20-14(6)21-11-15-10-16(19)8-9-17(15)18(22-12(2)3)23-13(4)5/h8-10,12-14,18H,7,11H2,1-6H3. The van der Waals surface area contributed by atoms with Gasteiger partial charge in [0.25, 0.3) is 0 Å². The SMILES string of the molecule is CCOC(C)OCc1cc(F)ccc1C(OC(C)C)OC(C)C. The summed E-state index contributed by atoms with van der Waals surface area (Å²) in [7, 11) is 0. The zero-order valence-corrected chi connectivity index (χ0v) is 15.0. The molecule has 1 aromatic carbocycles. The quantitative estimate of drug-likeness (QED) is 0.589. The smallest absolute Gasteiger partial charge is 0.184 e. The van der Waals surface area contributed by atoms with Crippen molar-refractivity contribution in [3.8, 4) is 0 Å². The van der Waals surface area contributed by atoms with E-state index in [-0.39, 0.29) is 30.9 Å². The lowest BCUT2D eigenvalue weighted by atomic mass is 10.1. The van der Waals surface area contributed by atoms with Gasteiger partial charge in [-0.1, -0.05) is 6.07 Å². The number of hydrogen-bond acceptors (Lipinski definition) is 4. The third-order valence-electron chi connectivity index (χ3n) is 3.03. The van der Waals surface area contributed by atoms with Crippen LogP contribution >= 0.6 is 0 Å². The first-order valence-corrected chi connectivity index (χ1v) is 8.15. The monoisotopic (exact) mass is 328 g/mol. The molecule has 0 amide bonds. The van der Waals surface area contributed by atoms with Crippen molar-refractivity contribution in [1.82, 2.24) is 0 Å². The van der Waals surface area contributed by atoms with Crippen LogP contribution in [0.25, 0.3) is 0 Å². The van der Waals surface area contributed by atoms with Gasteiger partial charge in [-0.15, -0.1) is 0 Å². The Kier molecular flexibility index (Phi) is 8.69. The average molecular weight is 328 g/mol. The summed E-state index contributed by atoms with van der Waals surface area (Å²) in [6.07, 6.45) is -0.942. The summed E-state index contributed by atoms with van der Waals surface area (Å²) in [4.78, 5) is 0. The molecule has 1 aromatic rings. The van der Waals surface area contributed by atoms with Gasteiger partial charge in [-0.05, 0) is 59.2 Å². The maximum absolute atomic E-state index is 13.6. The summed E-state index contributed by atoms with van der Waals surface area (Å²) in [6, 6.07) is 4.55. The Hall–Kier alpha value is -1.01. The predicted octanol–water partition coefficient (Wildman–Crippen LogP) is 4.57. The lowest BCUT2D eigenvalue weighted by molar-refractivity contribution is -0.187. The van der Waals surface area contributed by atoms with Gasteiger partial charge < -0.3 is 18.9 Å². The minimum absolute atomic E-state index is 0.0140. The van der Waals surface area contributed by atoms with E-state index in [4.69, 9.17) is 18.9 Å². The van der Waals surface area contributed by atoms with Crippen LogP contribution in [0, 0.1) is 5.82 Å². The Morgan fingerprint density at radius 2 is 1.57 bits per heavy atom. The molecule has 0 fully saturated rings. The normalized spacial score (nSPS) is 13.3. The molecule has 0 aliphatic heterocycles. The van der Waals surface area contributed by atoms with Gasteiger partial charge in [-0.3, -0.25) is 0 Å². The molecule has 0 saturated heterocycles. The Morgan fingerprint density at radius 3 is 2.09 bits per heavy atom. The average Bonchev–Trinajstić information content (AvgIpc) is 2.44. The second-order valence-electron chi connectivity index (χ2n) is 5.88. The van der Waals surface area contributed by atoms with E-state index in [9.17, 15) is 4.39 Å². The molecule has 0 bridgehead atoms. The lowest BCUT2D eigenvalue weighted by Gasteiger charge is -2.25. The Balaban J connectivity index is 2.97. The van der Waals surface area contributed by atoms with Gasteiger partial charge in [0.05, 0.1) is 18.8 Å². The molecule has 5 heteroatoms. The van der Waals surface area contributed by atoms with E-state index in [0.29, 0.717) is 12.2 Å². The summed E-state index contributed by atoms with van der Waals surface area (Å²) < 4.78 is 36.3. The molecule has 1 unspecified atom stereocenters. The maximum atomic E-state index is 13.6. The van der Waals surface area contributed by atoms with E-state index in [1.807, 2.05) is 41.5 Å². The zero-order chi connectivity index (χ0) is 17.4. The first-order valence-electron chi connectivity index (χ1n) is 8.15. The molecular weight excluding hydrogens is 299 g/mol. The summed E-state index contributed by atoms with van der Waals surface area (Å²) in [5.41, 5.74) is 1.47. The van der Waals surface area contributed by atoms with Gasteiger partial charge in [-0.2, -0.15) is 0 Å². The van der Waals surface area contributed by atoms with Gasteiger partial charge in [0.2, 0.25) is 0 Å². The van der Waals surface area contributed by atoms with Crippen LogP contribution in [0.15, 0.2) is 18.2 Å². The summed E-state index contributed by atoms with van der Waals surface area (Å²) in [6.45, 7) is 12.3. The number of halogens is 1. The van der Waals surface area contributed by atoms with Gasteiger partial charge in [0, 0.05) is 12.2 Å². The van der Waals surface area contributed by atoms with E-state index in [1.165, 1.54) is 12.1 Å². The molecule has 0 N–H and O–H groups in total. The Labute approximate surface area is 138 Å². The molecule has 0 aromatic heterocycles. The highest BCUT2D eigenvalue weighted by Gasteiger charge is 2.20. The molecule has 0 heterocycles. The van der Waals surface area contributed by atoms with Crippen LogP contribution in [0.3, 0.4) is 0 Å². The molecule has 0 radical (unpaired) electrons. The van der Waals surface area contributed by atoms with Gasteiger partial charge >= 0.3 is 0 Å². The second kappa shape index (κ2) is 9.98. The Bertz CT molecular complexity index is 452. The second-order valence-corrected chi connectivity index (χ2v) is 5.88. The number of hydrogen-bond donors (Lipinski definition) is 0. The van der Waals surface area contributed by atoms with Gasteiger partial charge in [0.1, 0.15) is 5.82 Å². The summed E-state index contributed by atoms with van der Waals surface area (Å²) >= 11 is 0. The van der Waals surface area contributed by atoms with Crippen molar-refractivity contribution in [2.45, 2.75) is 72.9 Å². The topological polar surface area (TPSA) is 36.9 Å². The number of benzene rings is 1. The molecule has 23 heavy (non-hydrogen) atoms. The first kappa shape index (κ1) is 20.0. The van der Waals surface area contributed by atoms with Crippen molar-refractivity contribution in [3.63, 3.8) is 0 Å². The fraction of sp³-hybridized carbons (Fsp3) is 0.667. The van der Waals surface area contributed by atoms with Crippen molar-refractivity contribution in [1.29, 1.82) is 0 Å². The molecule has 0 saturated carbocycles. The molecule has 0 aliphatic rings. The Morgan fingerprint density at radius 1 is 0.957 bits per heavy atom. The van der Waals surface area contributed by atoms with Crippen LogP contribution < -0.4 is 0 Å². The minimum atomic E-state index is -0.559. The highest BCUT2D eigenvalue weighted by Crippen LogP contribution is 2.27. The third kappa shape index (κ3) is 7.40. The molecule has 1 rings (SSSR count). The number of ether oxygens (including phenoxy) is 4. The van der Waals surface area contributed by atoms with Gasteiger partial charge in [0.15, 0.2) is 12.6 Å². The summed E-state index contributed by atoms with van der Waals surface area (Å²) in [5, 5.41) is 0. The van der Waals surface area contributed by atoms with Crippen molar-refractivity contribution >= 4 is 0 Å². The van der Waals surface area contributed by atoms with Crippen LogP contribution in [0.1, 0.15) is 59.0 Å². The van der Waals surface area contributed by atoms with Gasteiger partial charge in [-0.25, -0.2) is 4.39 Å². The fourth-order valence-corrected chi connectivity index (χ4v) is 2.09.